The van der Waals surface area contributed by atoms with E-state index in [0.29, 0.717) is 39.8 Å². The summed E-state index contributed by atoms with van der Waals surface area (Å²) in [4.78, 5) is 29.4. The Morgan fingerprint density at radius 2 is 1.63 bits per heavy atom. The van der Waals surface area contributed by atoms with E-state index in [1.165, 1.54) is 6.21 Å². The minimum absolute atomic E-state index is 0.284. The van der Waals surface area contributed by atoms with Crippen molar-refractivity contribution in [3.8, 4) is 22.6 Å². The van der Waals surface area contributed by atoms with E-state index in [2.05, 4.69) is 15.5 Å². The summed E-state index contributed by atoms with van der Waals surface area (Å²) in [7, 11) is 0. The van der Waals surface area contributed by atoms with Crippen molar-refractivity contribution in [2.75, 3.05) is 6.61 Å². The summed E-state index contributed by atoms with van der Waals surface area (Å²) in [6.07, 6.45) is 1.50. The van der Waals surface area contributed by atoms with Crippen LogP contribution < -0.4 is 14.9 Å². The van der Waals surface area contributed by atoms with Crippen LogP contribution in [0.1, 0.15) is 33.3 Å². The van der Waals surface area contributed by atoms with Crippen LogP contribution in [0.4, 0.5) is 0 Å². The number of hydrogen-bond acceptors (Lipinski definition) is 5. The van der Waals surface area contributed by atoms with Gasteiger partial charge in [-0.2, -0.15) is 5.10 Å². The van der Waals surface area contributed by atoms with Crippen molar-refractivity contribution < 1.29 is 19.1 Å². The molecule has 0 atom stereocenters. The third-order valence-electron chi connectivity index (χ3n) is 6.93. The molecule has 212 valence electrons. The molecule has 1 aromatic heterocycles. The molecule has 0 saturated carbocycles. The lowest BCUT2D eigenvalue weighted by Gasteiger charge is -2.11. The van der Waals surface area contributed by atoms with Crippen molar-refractivity contribution >= 4 is 51.4 Å². The molecule has 0 aliphatic rings. The van der Waals surface area contributed by atoms with E-state index in [4.69, 9.17) is 21.1 Å². The number of nitrogens with zero attached hydrogens (tertiary/aromatic N) is 1. The molecule has 0 unspecified atom stereocenters. The number of fused-ring (bicyclic) bond motifs is 3. The molecule has 1 heterocycles. The molecule has 43 heavy (non-hydrogen) atoms. The maximum atomic E-state index is 13.5. The van der Waals surface area contributed by atoms with Gasteiger partial charge in [-0.1, -0.05) is 84.4 Å². The summed E-state index contributed by atoms with van der Waals surface area (Å²) < 4.78 is 11.3. The van der Waals surface area contributed by atoms with Crippen LogP contribution >= 0.6 is 11.6 Å². The zero-order chi connectivity index (χ0) is 29.8. The molecule has 6 rings (SSSR count). The zero-order valence-electron chi connectivity index (χ0n) is 23.1. The normalized spacial score (nSPS) is 11.2. The Balaban J connectivity index is 1.29. The lowest BCUT2D eigenvalue weighted by molar-refractivity contribution is 0.0728. The number of H-pyrrole nitrogens is 1. The molecular weight excluding hydrogens is 562 g/mol. The third kappa shape index (κ3) is 5.71. The van der Waals surface area contributed by atoms with Crippen LogP contribution in [0, 0.1) is 0 Å². The highest BCUT2D eigenvalue weighted by molar-refractivity contribution is 6.34. The molecule has 0 bridgehead atoms. The SMILES string of the molecule is CCOc1cc(C=NNC(=O)c2[nH]c3c(ccc4ccccc43)c2-c2ccccc2Cl)ccc1OC(=O)c1ccccc1. The fraction of sp³-hybridized carbons (Fsp3) is 0.0571. The predicted molar refractivity (Wildman–Crippen MR) is 170 cm³/mol. The topological polar surface area (TPSA) is 92.8 Å². The van der Waals surface area contributed by atoms with Gasteiger partial charge in [-0.05, 0) is 54.3 Å². The average Bonchev–Trinajstić information content (AvgIpc) is 3.43. The lowest BCUT2D eigenvalue weighted by atomic mass is 9.99. The van der Waals surface area contributed by atoms with Crippen LogP contribution in [0.3, 0.4) is 0 Å². The van der Waals surface area contributed by atoms with Crippen LogP contribution in [0.5, 0.6) is 11.5 Å². The maximum Gasteiger partial charge on any atom is 0.343 e. The fourth-order valence-corrected chi connectivity index (χ4v) is 5.19. The number of halogens is 1. The second kappa shape index (κ2) is 12.2. The van der Waals surface area contributed by atoms with E-state index in [1.807, 2.05) is 67.6 Å². The number of ether oxygens (including phenoxy) is 2. The first-order valence-corrected chi connectivity index (χ1v) is 14.1. The maximum absolute atomic E-state index is 13.5. The highest BCUT2D eigenvalue weighted by Gasteiger charge is 2.22. The van der Waals surface area contributed by atoms with Crippen LogP contribution in [-0.4, -0.2) is 29.7 Å². The number of rotatable bonds is 8. The number of carbonyl (C=O) groups is 2. The Hall–Kier alpha value is -5.40. The van der Waals surface area contributed by atoms with E-state index in [0.717, 1.165) is 27.2 Å². The van der Waals surface area contributed by atoms with E-state index < -0.39 is 11.9 Å². The van der Waals surface area contributed by atoms with Crippen molar-refractivity contribution in [2.45, 2.75) is 6.92 Å². The Morgan fingerprint density at radius 3 is 2.44 bits per heavy atom. The molecule has 1 amide bonds. The summed E-state index contributed by atoms with van der Waals surface area (Å²) in [6, 6.07) is 33.2. The van der Waals surface area contributed by atoms with Crippen molar-refractivity contribution in [3.63, 3.8) is 0 Å². The number of nitrogens with one attached hydrogen (secondary N) is 2. The summed E-state index contributed by atoms with van der Waals surface area (Å²) in [5.41, 5.74) is 6.32. The van der Waals surface area contributed by atoms with E-state index in [1.54, 1.807) is 48.5 Å². The monoisotopic (exact) mass is 587 g/mol. The van der Waals surface area contributed by atoms with Crippen LogP contribution in [0.15, 0.2) is 114 Å². The Morgan fingerprint density at radius 1 is 0.860 bits per heavy atom. The molecule has 0 spiro atoms. The molecule has 6 aromatic rings. The minimum Gasteiger partial charge on any atom is -0.490 e. The van der Waals surface area contributed by atoms with Gasteiger partial charge in [0.1, 0.15) is 5.69 Å². The number of benzene rings is 5. The Bertz CT molecular complexity index is 2000. The first-order valence-electron chi connectivity index (χ1n) is 13.7. The van der Waals surface area contributed by atoms with Gasteiger partial charge in [-0.25, -0.2) is 10.2 Å². The summed E-state index contributed by atoms with van der Waals surface area (Å²) in [5, 5.41) is 7.66. The first-order chi connectivity index (χ1) is 21.0. The van der Waals surface area contributed by atoms with Crippen molar-refractivity contribution in [2.24, 2.45) is 5.10 Å². The minimum atomic E-state index is -0.490. The van der Waals surface area contributed by atoms with E-state index in [-0.39, 0.29) is 5.75 Å². The number of aromatic amines is 1. The highest BCUT2D eigenvalue weighted by Crippen LogP contribution is 2.39. The zero-order valence-corrected chi connectivity index (χ0v) is 23.9. The Labute approximate surface area is 252 Å². The summed E-state index contributed by atoms with van der Waals surface area (Å²) in [5.74, 6) is -0.252. The number of carbonyl (C=O) groups excluding carboxylic acids is 2. The molecule has 0 radical (unpaired) electrons. The molecule has 7 nitrogen and oxygen atoms in total. The van der Waals surface area contributed by atoms with Crippen molar-refractivity contribution in [1.82, 2.24) is 10.4 Å². The van der Waals surface area contributed by atoms with Gasteiger partial charge in [0.15, 0.2) is 11.5 Å². The predicted octanol–water partition coefficient (Wildman–Crippen LogP) is 8.02. The molecule has 0 fully saturated rings. The second-order valence-electron chi connectivity index (χ2n) is 9.66. The van der Waals surface area contributed by atoms with Gasteiger partial charge in [0.05, 0.1) is 23.9 Å². The average molecular weight is 588 g/mol. The summed E-state index contributed by atoms with van der Waals surface area (Å²) >= 11 is 6.60. The van der Waals surface area contributed by atoms with Crippen LogP contribution in [-0.2, 0) is 0 Å². The van der Waals surface area contributed by atoms with Crippen molar-refractivity contribution in [1.29, 1.82) is 0 Å². The summed E-state index contributed by atoms with van der Waals surface area (Å²) in [6.45, 7) is 2.21. The lowest BCUT2D eigenvalue weighted by Crippen LogP contribution is -2.19. The molecule has 8 heteroatoms. The number of esters is 1. The number of aromatic nitrogens is 1. The molecule has 0 saturated heterocycles. The molecule has 5 aromatic carbocycles. The van der Waals surface area contributed by atoms with E-state index >= 15 is 0 Å². The van der Waals surface area contributed by atoms with Gasteiger partial charge in [-0.3, -0.25) is 4.79 Å². The molecular formula is C35H26ClN3O4. The fourth-order valence-electron chi connectivity index (χ4n) is 4.96. The molecule has 0 aliphatic carbocycles. The second-order valence-corrected chi connectivity index (χ2v) is 10.1. The van der Waals surface area contributed by atoms with Gasteiger partial charge < -0.3 is 14.5 Å². The number of hydrazone groups is 1. The van der Waals surface area contributed by atoms with E-state index in [9.17, 15) is 9.59 Å². The third-order valence-corrected chi connectivity index (χ3v) is 7.26. The highest BCUT2D eigenvalue weighted by atomic mass is 35.5. The van der Waals surface area contributed by atoms with Gasteiger partial charge in [-0.15, -0.1) is 0 Å². The quantitative estimate of drug-likeness (QED) is 0.0816. The smallest absolute Gasteiger partial charge is 0.343 e. The van der Waals surface area contributed by atoms with Gasteiger partial charge in [0.2, 0.25) is 0 Å². The van der Waals surface area contributed by atoms with Gasteiger partial charge >= 0.3 is 5.97 Å². The Kier molecular flexibility index (Phi) is 7.89. The van der Waals surface area contributed by atoms with Crippen molar-refractivity contribution in [3.05, 3.63) is 131 Å². The van der Waals surface area contributed by atoms with Crippen LogP contribution in [0.25, 0.3) is 32.8 Å². The molecule has 0 aliphatic heterocycles. The number of amides is 1. The van der Waals surface area contributed by atoms with Gasteiger partial charge in [0, 0.05) is 26.9 Å². The standard InChI is InChI=1S/C35H26ClN3O4/c1-2-42-30-20-22(16-19-29(30)43-35(41)24-11-4-3-5-12-24)21-37-39-34(40)33-31(26-14-8-9-15-28(26)36)27-18-17-23-10-6-7-13-25(23)32(27)38-33/h3-21,38H,2H2,1H3,(H,39,40). The first kappa shape index (κ1) is 27.8. The van der Waals surface area contributed by atoms with Gasteiger partial charge in [0.25, 0.3) is 5.91 Å². The molecule has 2 N–H and O–H groups in total. The van der Waals surface area contributed by atoms with Crippen LogP contribution in [0.2, 0.25) is 5.02 Å². The number of hydrogen-bond donors (Lipinski definition) is 2. The largest absolute Gasteiger partial charge is 0.490 e.